The minimum Gasteiger partial charge on any atom is -0.382 e. The maximum Gasteiger partial charge on any atom is 0.229 e. The molecule has 0 aromatic carbocycles. The van der Waals surface area contributed by atoms with Crippen molar-refractivity contribution in [1.29, 1.82) is 0 Å². The molecule has 0 bridgehead atoms. The summed E-state index contributed by atoms with van der Waals surface area (Å²) in [6.45, 7) is 4.67. The molecule has 9 nitrogen and oxygen atoms in total. The van der Waals surface area contributed by atoms with E-state index in [0.717, 1.165) is 42.7 Å². The van der Waals surface area contributed by atoms with Crippen LogP contribution in [0.2, 0.25) is 5.28 Å². The first-order chi connectivity index (χ1) is 14.8. The Balaban J connectivity index is 1.23. The Morgan fingerprint density at radius 1 is 1.29 bits per heavy atom. The number of fused-ring (bicyclic) bond motifs is 2. The number of carbonyl (C=O) groups is 1. The number of nitrogens with two attached hydrogens (primary N) is 1. The Bertz CT molecular complexity index is 1150. The molecule has 1 fully saturated rings. The molecule has 0 unspecified atom stereocenters. The molecular formula is C20H24ClN7O2S. The number of ether oxygens (including phenoxy) is 1. The van der Waals surface area contributed by atoms with Gasteiger partial charge in [0, 0.05) is 18.4 Å². The average Bonchev–Trinajstić information content (AvgIpc) is 3.30. The van der Waals surface area contributed by atoms with Crippen molar-refractivity contribution in [3.63, 3.8) is 0 Å². The van der Waals surface area contributed by atoms with Crippen LogP contribution in [0.3, 0.4) is 0 Å². The number of nitrogens with zero attached hydrogens (tertiary/aromatic N) is 5. The molecule has 1 amide bonds. The number of rotatable bonds is 3. The Hall–Kier alpha value is -2.30. The van der Waals surface area contributed by atoms with Crippen LogP contribution < -0.4 is 11.1 Å². The molecule has 11 heteroatoms. The molecule has 164 valence electrons. The summed E-state index contributed by atoms with van der Waals surface area (Å²) in [4.78, 5) is 31.2. The van der Waals surface area contributed by atoms with Crippen LogP contribution in [0.15, 0.2) is 6.33 Å². The molecule has 2 aliphatic rings. The molecule has 0 saturated heterocycles. The molecule has 1 aliphatic carbocycles. The second-order valence-electron chi connectivity index (χ2n) is 8.81. The van der Waals surface area contributed by atoms with Crippen molar-refractivity contribution in [3.8, 4) is 0 Å². The van der Waals surface area contributed by atoms with E-state index >= 15 is 0 Å². The molecule has 31 heavy (non-hydrogen) atoms. The quantitative estimate of drug-likeness (QED) is 0.570. The number of nitrogens with one attached hydrogen (secondary N) is 1. The topological polar surface area (TPSA) is 121 Å². The Labute approximate surface area is 188 Å². The van der Waals surface area contributed by atoms with Gasteiger partial charge in [-0.05, 0) is 51.1 Å². The lowest BCUT2D eigenvalue weighted by molar-refractivity contribution is -0.120. The standard InChI is InChI=1S/C20H24ClN7O2S/c1-20(2)7-12-13(8-30-20)31-19(24-12)27-17(29)10-3-5-11(6-4-10)28-9-23-14-15(22)25-18(21)26-16(14)28/h9-11H,3-8H2,1-2H3,(H2,22,25,26)(H,24,27,29)/t10-,11+. The van der Waals surface area contributed by atoms with Gasteiger partial charge in [-0.15, -0.1) is 0 Å². The van der Waals surface area contributed by atoms with Gasteiger partial charge in [-0.1, -0.05) is 11.3 Å². The molecule has 3 N–H and O–H groups in total. The molecule has 3 aromatic rings. The van der Waals surface area contributed by atoms with E-state index in [0.29, 0.717) is 22.9 Å². The summed E-state index contributed by atoms with van der Waals surface area (Å²) in [5.74, 6) is 0.277. The number of hydrogen-bond donors (Lipinski definition) is 2. The first kappa shape index (κ1) is 20.6. The maximum atomic E-state index is 12.9. The largest absolute Gasteiger partial charge is 0.382 e. The highest BCUT2D eigenvalue weighted by Gasteiger charge is 2.31. The normalized spacial score (nSPS) is 22.9. The number of halogens is 1. The van der Waals surface area contributed by atoms with Crippen LogP contribution in [0.25, 0.3) is 11.2 Å². The van der Waals surface area contributed by atoms with Crippen LogP contribution in [0.1, 0.15) is 56.1 Å². The van der Waals surface area contributed by atoms with Crippen molar-refractivity contribution < 1.29 is 9.53 Å². The van der Waals surface area contributed by atoms with E-state index in [4.69, 9.17) is 22.1 Å². The van der Waals surface area contributed by atoms with Crippen molar-refractivity contribution in [2.75, 3.05) is 11.1 Å². The van der Waals surface area contributed by atoms with Crippen molar-refractivity contribution in [2.24, 2.45) is 5.92 Å². The molecule has 1 aliphatic heterocycles. The van der Waals surface area contributed by atoms with Crippen molar-refractivity contribution >= 4 is 51.0 Å². The van der Waals surface area contributed by atoms with Gasteiger partial charge in [-0.2, -0.15) is 9.97 Å². The zero-order chi connectivity index (χ0) is 21.8. The Morgan fingerprint density at radius 3 is 2.84 bits per heavy atom. The summed E-state index contributed by atoms with van der Waals surface area (Å²) in [6.07, 6.45) is 5.76. The fraction of sp³-hybridized carbons (Fsp3) is 0.550. The van der Waals surface area contributed by atoms with Crippen molar-refractivity contribution in [3.05, 3.63) is 22.2 Å². The van der Waals surface area contributed by atoms with Crippen LogP contribution in [0, 0.1) is 5.92 Å². The van der Waals surface area contributed by atoms with Gasteiger partial charge in [0.15, 0.2) is 16.6 Å². The van der Waals surface area contributed by atoms with Crippen LogP contribution >= 0.6 is 22.9 Å². The Morgan fingerprint density at radius 2 is 2.06 bits per heavy atom. The lowest BCUT2D eigenvalue weighted by Gasteiger charge is -2.28. The zero-order valence-electron chi connectivity index (χ0n) is 17.4. The van der Waals surface area contributed by atoms with Gasteiger partial charge in [-0.3, -0.25) is 4.79 Å². The van der Waals surface area contributed by atoms with E-state index < -0.39 is 0 Å². The highest BCUT2D eigenvalue weighted by Crippen LogP contribution is 2.36. The first-order valence-electron chi connectivity index (χ1n) is 10.4. The molecule has 0 atom stereocenters. The molecule has 4 heterocycles. The summed E-state index contributed by atoms with van der Waals surface area (Å²) in [5, 5.41) is 3.81. The summed E-state index contributed by atoms with van der Waals surface area (Å²) in [5.41, 5.74) is 7.94. The second-order valence-corrected chi connectivity index (χ2v) is 10.2. The van der Waals surface area contributed by atoms with E-state index in [9.17, 15) is 4.79 Å². The lowest BCUT2D eigenvalue weighted by atomic mass is 9.85. The smallest absolute Gasteiger partial charge is 0.229 e. The molecule has 1 saturated carbocycles. The number of imidazole rings is 1. The summed E-state index contributed by atoms with van der Waals surface area (Å²) in [6, 6.07) is 0.200. The average molecular weight is 462 g/mol. The Kier molecular flexibility index (Phi) is 5.10. The molecule has 5 rings (SSSR count). The fourth-order valence-corrected chi connectivity index (χ4v) is 5.47. The highest BCUT2D eigenvalue weighted by molar-refractivity contribution is 7.15. The van der Waals surface area contributed by atoms with Gasteiger partial charge >= 0.3 is 0 Å². The van der Waals surface area contributed by atoms with E-state index in [1.165, 1.54) is 11.3 Å². The number of hydrogen-bond acceptors (Lipinski definition) is 8. The van der Waals surface area contributed by atoms with Crippen LogP contribution in [-0.2, 0) is 22.6 Å². The number of amides is 1. The lowest BCUT2D eigenvalue weighted by Crippen LogP contribution is -2.31. The third kappa shape index (κ3) is 3.99. The van der Waals surface area contributed by atoms with Gasteiger partial charge in [0.2, 0.25) is 11.2 Å². The fourth-order valence-electron chi connectivity index (χ4n) is 4.40. The number of aromatic nitrogens is 5. The third-order valence-corrected chi connectivity index (χ3v) is 7.23. The number of carbonyl (C=O) groups excluding carboxylic acids is 1. The highest BCUT2D eigenvalue weighted by atomic mass is 35.5. The minimum absolute atomic E-state index is 0.0369. The number of thiazole rings is 1. The summed E-state index contributed by atoms with van der Waals surface area (Å²) in [7, 11) is 0. The first-order valence-corrected chi connectivity index (χ1v) is 11.6. The number of nitrogen functional groups attached to an aromatic ring is 1. The van der Waals surface area contributed by atoms with Crippen molar-refractivity contribution in [1.82, 2.24) is 24.5 Å². The maximum absolute atomic E-state index is 12.9. The van der Waals surface area contributed by atoms with E-state index in [1.54, 1.807) is 6.33 Å². The van der Waals surface area contributed by atoms with Gasteiger partial charge in [0.25, 0.3) is 0 Å². The predicted octanol–water partition coefficient (Wildman–Crippen LogP) is 3.74. The van der Waals surface area contributed by atoms with Crippen LogP contribution in [0.5, 0.6) is 0 Å². The van der Waals surface area contributed by atoms with Gasteiger partial charge in [-0.25, -0.2) is 9.97 Å². The van der Waals surface area contributed by atoms with E-state index in [1.807, 2.05) is 4.57 Å². The van der Waals surface area contributed by atoms with E-state index in [-0.39, 0.29) is 34.6 Å². The van der Waals surface area contributed by atoms with Crippen LogP contribution in [-0.4, -0.2) is 36.0 Å². The van der Waals surface area contributed by atoms with Gasteiger partial charge in [0.05, 0.1) is 29.1 Å². The summed E-state index contributed by atoms with van der Waals surface area (Å²) >= 11 is 7.49. The molecular weight excluding hydrogens is 438 g/mol. The van der Waals surface area contributed by atoms with Crippen molar-refractivity contribution in [2.45, 2.75) is 64.2 Å². The molecule has 0 spiro atoms. The SMILES string of the molecule is CC1(C)Cc2nc(NC(=O)[C@H]3CC[C@@H](n4cnc5c(N)nc(Cl)nc54)CC3)sc2CO1. The minimum atomic E-state index is -0.210. The molecule has 0 radical (unpaired) electrons. The third-order valence-electron chi connectivity index (χ3n) is 6.08. The van der Waals surface area contributed by atoms with E-state index in [2.05, 4.69) is 39.1 Å². The second kappa shape index (κ2) is 7.68. The zero-order valence-corrected chi connectivity index (χ0v) is 19.0. The molecule has 3 aromatic heterocycles. The predicted molar refractivity (Wildman–Crippen MR) is 119 cm³/mol. The van der Waals surface area contributed by atoms with Gasteiger partial charge < -0.3 is 20.4 Å². The monoisotopic (exact) mass is 461 g/mol. The summed E-state index contributed by atoms with van der Waals surface area (Å²) < 4.78 is 7.85. The number of anilines is 2. The van der Waals surface area contributed by atoms with Crippen LogP contribution in [0.4, 0.5) is 10.9 Å². The van der Waals surface area contributed by atoms with Gasteiger partial charge in [0.1, 0.15) is 5.52 Å².